The molecule has 1 atom stereocenters. The van der Waals surface area contributed by atoms with Gasteiger partial charge in [0.25, 0.3) is 0 Å². The first kappa shape index (κ1) is 14.5. The number of rotatable bonds is 7. The van der Waals surface area contributed by atoms with Gasteiger partial charge >= 0.3 is 0 Å². The van der Waals surface area contributed by atoms with Crippen LogP contribution in [0.1, 0.15) is 25.8 Å². The van der Waals surface area contributed by atoms with Crippen LogP contribution < -0.4 is 4.74 Å². The molecule has 0 heterocycles. The molecule has 0 aliphatic heterocycles. The second-order valence-electron chi connectivity index (χ2n) is 4.57. The second-order valence-corrected chi connectivity index (χ2v) is 4.57. The van der Waals surface area contributed by atoms with Crippen molar-refractivity contribution in [3.63, 3.8) is 0 Å². The number of hydrogen-bond acceptors (Lipinski definition) is 3. The van der Waals surface area contributed by atoms with Crippen LogP contribution in [0.2, 0.25) is 0 Å². The second kappa shape index (κ2) is 7.73. The van der Waals surface area contributed by atoms with E-state index in [1.54, 1.807) is 0 Å². The van der Waals surface area contributed by atoms with Crippen LogP contribution in [0.4, 0.5) is 0 Å². The molecule has 0 aromatic heterocycles. The fourth-order valence-electron chi connectivity index (χ4n) is 1.63. The third kappa shape index (κ3) is 4.77. The zero-order valence-corrected chi connectivity index (χ0v) is 11.5. The largest absolute Gasteiger partial charge is 0.492 e. The van der Waals surface area contributed by atoms with Crippen LogP contribution in [0.15, 0.2) is 24.3 Å². The molecule has 1 unspecified atom stereocenters. The third-order valence-corrected chi connectivity index (χ3v) is 3.26. The smallest absolute Gasteiger partial charge is 0.119 e. The van der Waals surface area contributed by atoms with Crippen molar-refractivity contribution in [2.75, 3.05) is 20.2 Å². The van der Waals surface area contributed by atoms with E-state index >= 15 is 0 Å². The number of hydrogen-bond donors (Lipinski definition) is 0. The fraction of sp³-hybridized carbons (Fsp3) is 0.533. The maximum absolute atomic E-state index is 8.58. The molecule has 0 aliphatic rings. The average Bonchev–Trinajstić information content (AvgIpc) is 2.40. The van der Waals surface area contributed by atoms with Crippen molar-refractivity contribution in [1.29, 1.82) is 5.26 Å². The van der Waals surface area contributed by atoms with E-state index < -0.39 is 0 Å². The van der Waals surface area contributed by atoms with Gasteiger partial charge in [-0.1, -0.05) is 19.1 Å². The highest BCUT2D eigenvalue weighted by molar-refractivity contribution is 5.28. The molecule has 18 heavy (non-hydrogen) atoms. The molecule has 0 saturated heterocycles. The lowest BCUT2D eigenvalue weighted by atomic mass is 10.2. The van der Waals surface area contributed by atoms with Gasteiger partial charge in [-0.3, -0.25) is 0 Å². The lowest BCUT2D eigenvalue weighted by Crippen LogP contribution is -2.32. The summed E-state index contributed by atoms with van der Waals surface area (Å²) in [6.07, 6.45) is 1.61. The van der Waals surface area contributed by atoms with E-state index in [1.165, 1.54) is 0 Å². The Morgan fingerprint density at radius 1 is 1.33 bits per heavy atom. The average molecular weight is 246 g/mol. The molecule has 0 spiro atoms. The minimum Gasteiger partial charge on any atom is -0.492 e. The summed E-state index contributed by atoms with van der Waals surface area (Å²) in [7, 11) is 2.12. The molecule has 3 heteroatoms. The van der Waals surface area contributed by atoms with Gasteiger partial charge in [-0.25, -0.2) is 0 Å². The van der Waals surface area contributed by atoms with E-state index in [-0.39, 0.29) is 0 Å². The Morgan fingerprint density at radius 2 is 2.00 bits per heavy atom. The van der Waals surface area contributed by atoms with E-state index in [2.05, 4.69) is 31.9 Å². The van der Waals surface area contributed by atoms with Crippen molar-refractivity contribution in [2.45, 2.75) is 32.7 Å². The zero-order chi connectivity index (χ0) is 13.4. The summed E-state index contributed by atoms with van der Waals surface area (Å²) in [6, 6.07) is 10.5. The predicted octanol–water partition coefficient (Wildman–Crippen LogP) is 2.86. The SMILES string of the molecule is CCC(C)N(C)CCOc1ccc(CC#N)cc1. The third-order valence-electron chi connectivity index (χ3n) is 3.26. The zero-order valence-electron chi connectivity index (χ0n) is 11.5. The van der Waals surface area contributed by atoms with Crippen molar-refractivity contribution < 1.29 is 4.74 Å². The summed E-state index contributed by atoms with van der Waals surface area (Å²) >= 11 is 0. The van der Waals surface area contributed by atoms with Crippen LogP contribution in [0.25, 0.3) is 0 Å². The molecule has 0 N–H and O–H groups in total. The summed E-state index contributed by atoms with van der Waals surface area (Å²) in [4.78, 5) is 2.30. The first-order chi connectivity index (χ1) is 8.67. The predicted molar refractivity (Wildman–Crippen MR) is 73.6 cm³/mol. The normalized spacial score (nSPS) is 12.2. The first-order valence-electron chi connectivity index (χ1n) is 6.46. The molecule has 3 nitrogen and oxygen atoms in total. The molecular formula is C15H22N2O. The van der Waals surface area contributed by atoms with E-state index in [1.807, 2.05) is 24.3 Å². The van der Waals surface area contributed by atoms with Gasteiger partial charge in [-0.05, 0) is 38.1 Å². The van der Waals surface area contributed by atoms with Gasteiger partial charge in [-0.15, -0.1) is 0 Å². The van der Waals surface area contributed by atoms with Gasteiger partial charge in [0.15, 0.2) is 0 Å². The number of nitriles is 1. The Kier molecular flexibility index (Phi) is 6.24. The van der Waals surface area contributed by atoms with Gasteiger partial charge < -0.3 is 9.64 Å². The topological polar surface area (TPSA) is 36.3 Å². The summed E-state index contributed by atoms with van der Waals surface area (Å²) in [5, 5.41) is 8.58. The van der Waals surface area contributed by atoms with Gasteiger partial charge in [0.1, 0.15) is 12.4 Å². The Balaban J connectivity index is 2.33. The Morgan fingerprint density at radius 3 is 2.56 bits per heavy atom. The van der Waals surface area contributed by atoms with Crippen LogP contribution in [-0.2, 0) is 6.42 Å². The molecular weight excluding hydrogens is 224 g/mol. The van der Waals surface area contributed by atoms with Gasteiger partial charge in [0.2, 0.25) is 0 Å². The van der Waals surface area contributed by atoms with Crippen LogP contribution >= 0.6 is 0 Å². The van der Waals surface area contributed by atoms with Crippen molar-refractivity contribution in [3.05, 3.63) is 29.8 Å². The van der Waals surface area contributed by atoms with Gasteiger partial charge in [-0.2, -0.15) is 5.26 Å². The van der Waals surface area contributed by atoms with Crippen molar-refractivity contribution in [3.8, 4) is 11.8 Å². The molecule has 1 rings (SSSR count). The van der Waals surface area contributed by atoms with E-state index in [9.17, 15) is 0 Å². The standard InChI is InChI=1S/C15H22N2O/c1-4-13(2)17(3)11-12-18-15-7-5-14(6-8-15)9-10-16/h5-8,13H,4,9,11-12H2,1-3H3. The van der Waals surface area contributed by atoms with E-state index in [0.29, 0.717) is 19.1 Å². The van der Waals surface area contributed by atoms with Gasteiger partial charge in [0.05, 0.1) is 12.5 Å². The molecule has 0 saturated carbocycles. The van der Waals surface area contributed by atoms with Gasteiger partial charge in [0, 0.05) is 12.6 Å². The number of benzene rings is 1. The van der Waals surface area contributed by atoms with Crippen LogP contribution in [0.5, 0.6) is 5.75 Å². The highest BCUT2D eigenvalue weighted by atomic mass is 16.5. The maximum Gasteiger partial charge on any atom is 0.119 e. The summed E-state index contributed by atoms with van der Waals surface area (Å²) in [6.45, 7) is 6.03. The number of ether oxygens (including phenoxy) is 1. The number of nitrogens with zero attached hydrogens (tertiary/aromatic N) is 2. The van der Waals surface area contributed by atoms with Crippen molar-refractivity contribution in [2.24, 2.45) is 0 Å². The van der Waals surface area contributed by atoms with Crippen molar-refractivity contribution >= 4 is 0 Å². The fourth-order valence-corrected chi connectivity index (χ4v) is 1.63. The Hall–Kier alpha value is -1.53. The maximum atomic E-state index is 8.58. The van der Waals surface area contributed by atoms with Crippen molar-refractivity contribution in [1.82, 2.24) is 4.90 Å². The molecule has 0 aliphatic carbocycles. The molecule has 0 radical (unpaired) electrons. The van der Waals surface area contributed by atoms with E-state index in [0.717, 1.165) is 24.3 Å². The van der Waals surface area contributed by atoms with Crippen LogP contribution in [0, 0.1) is 11.3 Å². The Labute approximate surface area is 110 Å². The lowest BCUT2D eigenvalue weighted by Gasteiger charge is -2.23. The summed E-state index contributed by atoms with van der Waals surface area (Å²) in [5.74, 6) is 0.870. The van der Waals surface area contributed by atoms with Crippen LogP contribution in [-0.4, -0.2) is 31.1 Å². The molecule has 0 fully saturated rings. The molecule has 1 aromatic carbocycles. The van der Waals surface area contributed by atoms with Crippen LogP contribution in [0.3, 0.4) is 0 Å². The first-order valence-corrected chi connectivity index (χ1v) is 6.46. The number of likely N-dealkylation sites (N-methyl/N-ethyl adjacent to an activating group) is 1. The summed E-state index contributed by atoms with van der Waals surface area (Å²) in [5.41, 5.74) is 1.03. The monoisotopic (exact) mass is 246 g/mol. The minimum absolute atomic E-state index is 0.455. The summed E-state index contributed by atoms with van der Waals surface area (Å²) < 4.78 is 5.68. The quantitative estimate of drug-likeness (QED) is 0.742. The van der Waals surface area contributed by atoms with E-state index in [4.69, 9.17) is 10.00 Å². The molecule has 0 bridgehead atoms. The molecule has 98 valence electrons. The molecule has 1 aromatic rings. The lowest BCUT2D eigenvalue weighted by molar-refractivity contribution is 0.196. The minimum atomic E-state index is 0.455. The highest BCUT2D eigenvalue weighted by Gasteiger charge is 2.06. The Bertz CT molecular complexity index is 380. The highest BCUT2D eigenvalue weighted by Crippen LogP contribution is 2.12. The molecule has 0 amide bonds.